The van der Waals surface area contributed by atoms with E-state index >= 15 is 0 Å². The summed E-state index contributed by atoms with van der Waals surface area (Å²) in [6.07, 6.45) is 11.2. The van der Waals surface area contributed by atoms with Gasteiger partial charge in [0.15, 0.2) is 0 Å². The molecule has 3 atom stereocenters. The van der Waals surface area contributed by atoms with Gasteiger partial charge in [-0.3, -0.25) is 4.79 Å². The number of amides is 1. The van der Waals surface area contributed by atoms with Crippen LogP contribution < -0.4 is 10.6 Å². The van der Waals surface area contributed by atoms with Crippen LogP contribution >= 0.6 is 11.3 Å². The van der Waals surface area contributed by atoms with Gasteiger partial charge in [0.1, 0.15) is 5.00 Å². The van der Waals surface area contributed by atoms with Gasteiger partial charge < -0.3 is 15.4 Å². The number of fused-ring (bicyclic) bond motifs is 1. The van der Waals surface area contributed by atoms with Crippen LogP contribution in [0, 0.1) is 29.1 Å². The first-order chi connectivity index (χ1) is 15.8. The van der Waals surface area contributed by atoms with Crippen molar-refractivity contribution in [3.05, 3.63) is 16.0 Å². The molecule has 0 saturated heterocycles. The van der Waals surface area contributed by atoms with Gasteiger partial charge in [-0.25, -0.2) is 4.79 Å². The highest BCUT2D eigenvalue weighted by atomic mass is 32.1. The lowest BCUT2D eigenvalue weighted by Crippen LogP contribution is -2.57. The number of hydrogen-bond acceptors (Lipinski definition) is 5. The summed E-state index contributed by atoms with van der Waals surface area (Å²) in [5.74, 6) is 2.95. The van der Waals surface area contributed by atoms with Crippen LogP contribution in [-0.4, -0.2) is 30.6 Å². The van der Waals surface area contributed by atoms with Gasteiger partial charge in [0, 0.05) is 10.9 Å². The molecule has 5 aliphatic carbocycles. The third-order valence-electron chi connectivity index (χ3n) is 9.13. The molecule has 6 rings (SSSR count). The highest BCUT2D eigenvalue weighted by Gasteiger charge is 2.53. The lowest BCUT2D eigenvalue weighted by Gasteiger charge is -2.59. The third-order valence-corrected chi connectivity index (χ3v) is 10.3. The normalized spacial score (nSPS) is 33.9. The van der Waals surface area contributed by atoms with E-state index < -0.39 is 0 Å². The predicted molar refractivity (Wildman–Crippen MR) is 133 cm³/mol. The summed E-state index contributed by atoms with van der Waals surface area (Å²) in [6, 6.07) is 0.0228. The first-order valence-corrected chi connectivity index (χ1v) is 14.0. The summed E-state index contributed by atoms with van der Waals surface area (Å²) in [6.45, 7) is 8.68. The molecule has 4 bridgehead atoms. The maximum absolute atomic E-state index is 13.3. The SMILES string of the molecule is CCOC(=O)c1c(NC(=O)[C@@H](C)N[C@@H](C)C23CC4CC(CC(C4)C2)C3)sc2c1CC[C@@H](C)C2. The van der Waals surface area contributed by atoms with Crippen LogP contribution in [0.1, 0.15) is 93.4 Å². The lowest BCUT2D eigenvalue weighted by atomic mass is 9.48. The van der Waals surface area contributed by atoms with Crippen molar-refractivity contribution in [3.8, 4) is 0 Å². The lowest BCUT2D eigenvalue weighted by molar-refractivity contribution is -0.119. The van der Waals surface area contributed by atoms with Crippen molar-refractivity contribution < 1.29 is 14.3 Å². The minimum Gasteiger partial charge on any atom is -0.462 e. The summed E-state index contributed by atoms with van der Waals surface area (Å²) >= 11 is 1.57. The molecular weight excluding hydrogens is 432 g/mol. The fraction of sp³-hybridized carbons (Fsp3) is 0.778. The van der Waals surface area contributed by atoms with Crippen LogP contribution in [0.15, 0.2) is 0 Å². The average Bonchev–Trinajstić information content (AvgIpc) is 3.09. The van der Waals surface area contributed by atoms with Gasteiger partial charge in [-0.2, -0.15) is 0 Å². The number of nitrogens with one attached hydrogen (secondary N) is 2. The monoisotopic (exact) mass is 472 g/mol. The average molecular weight is 473 g/mol. The summed E-state index contributed by atoms with van der Waals surface area (Å²) in [5.41, 5.74) is 2.05. The van der Waals surface area contributed by atoms with Crippen molar-refractivity contribution in [1.82, 2.24) is 5.32 Å². The Hall–Kier alpha value is -1.40. The number of ether oxygens (including phenoxy) is 1. The molecule has 0 unspecified atom stereocenters. The van der Waals surface area contributed by atoms with Gasteiger partial charge in [-0.15, -0.1) is 11.3 Å². The number of carbonyl (C=O) groups is 2. The minimum atomic E-state index is -0.305. The molecule has 1 heterocycles. The van der Waals surface area contributed by atoms with E-state index in [9.17, 15) is 9.59 Å². The van der Waals surface area contributed by atoms with Crippen LogP contribution in [0.25, 0.3) is 0 Å². The van der Waals surface area contributed by atoms with E-state index in [2.05, 4.69) is 24.5 Å². The summed E-state index contributed by atoms with van der Waals surface area (Å²) < 4.78 is 5.37. The predicted octanol–water partition coefficient (Wildman–Crippen LogP) is 5.57. The molecule has 0 radical (unpaired) electrons. The van der Waals surface area contributed by atoms with E-state index in [1.54, 1.807) is 11.3 Å². The van der Waals surface area contributed by atoms with Crippen molar-refractivity contribution in [2.75, 3.05) is 11.9 Å². The fourth-order valence-corrected chi connectivity index (χ4v) is 9.22. The number of hydrogen-bond donors (Lipinski definition) is 2. The Labute approximate surface area is 202 Å². The number of rotatable bonds is 7. The van der Waals surface area contributed by atoms with Gasteiger partial charge in [0.2, 0.25) is 5.91 Å². The van der Waals surface area contributed by atoms with Crippen molar-refractivity contribution in [2.45, 2.75) is 97.6 Å². The molecule has 4 fully saturated rings. The van der Waals surface area contributed by atoms with E-state index in [-0.39, 0.29) is 17.9 Å². The fourth-order valence-electron chi connectivity index (χ4n) is 7.81. The van der Waals surface area contributed by atoms with Crippen molar-refractivity contribution in [1.29, 1.82) is 0 Å². The maximum atomic E-state index is 13.3. The number of esters is 1. The van der Waals surface area contributed by atoms with Crippen LogP contribution in [0.2, 0.25) is 0 Å². The van der Waals surface area contributed by atoms with Crippen molar-refractivity contribution in [3.63, 3.8) is 0 Å². The quantitative estimate of drug-likeness (QED) is 0.509. The minimum absolute atomic E-state index is 0.0521. The molecule has 1 amide bonds. The molecule has 2 N–H and O–H groups in total. The molecule has 1 aromatic heterocycles. The largest absolute Gasteiger partial charge is 0.462 e. The first kappa shape index (κ1) is 23.3. The van der Waals surface area contributed by atoms with Crippen molar-refractivity contribution in [2.24, 2.45) is 29.1 Å². The smallest absolute Gasteiger partial charge is 0.341 e. The van der Waals surface area contributed by atoms with E-state index in [0.29, 0.717) is 34.5 Å². The highest BCUT2D eigenvalue weighted by Crippen LogP contribution is 2.61. The maximum Gasteiger partial charge on any atom is 0.341 e. The number of anilines is 1. The molecule has 0 spiro atoms. The van der Waals surface area contributed by atoms with Crippen LogP contribution in [0.3, 0.4) is 0 Å². The van der Waals surface area contributed by atoms with Crippen molar-refractivity contribution >= 4 is 28.2 Å². The van der Waals surface area contributed by atoms with Gasteiger partial charge in [-0.1, -0.05) is 6.92 Å². The molecule has 5 aliphatic rings. The Morgan fingerprint density at radius 1 is 1.12 bits per heavy atom. The molecule has 5 nitrogen and oxygen atoms in total. The van der Waals surface area contributed by atoms with Gasteiger partial charge >= 0.3 is 5.97 Å². The van der Waals surface area contributed by atoms with Gasteiger partial charge in [-0.05, 0) is 113 Å². The molecule has 0 aliphatic heterocycles. The van der Waals surface area contributed by atoms with Crippen LogP contribution in [0.5, 0.6) is 0 Å². The van der Waals surface area contributed by atoms with Gasteiger partial charge in [0.25, 0.3) is 0 Å². The molecule has 182 valence electrons. The Morgan fingerprint density at radius 3 is 2.36 bits per heavy atom. The Bertz CT molecular complexity index is 887. The summed E-state index contributed by atoms with van der Waals surface area (Å²) in [7, 11) is 0. The molecule has 33 heavy (non-hydrogen) atoms. The topological polar surface area (TPSA) is 67.4 Å². The first-order valence-electron chi connectivity index (χ1n) is 13.2. The summed E-state index contributed by atoms with van der Waals surface area (Å²) in [5, 5.41) is 7.47. The van der Waals surface area contributed by atoms with E-state index in [4.69, 9.17) is 4.74 Å². The second kappa shape index (κ2) is 8.99. The summed E-state index contributed by atoms with van der Waals surface area (Å²) in [4.78, 5) is 27.3. The second-order valence-corrected chi connectivity index (χ2v) is 12.8. The van der Waals surface area contributed by atoms with Crippen LogP contribution in [-0.2, 0) is 22.4 Å². The molecule has 6 heteroatoms. The zero-order chi connectivity index (χ0) is 23.3. The number of thiophene rings is 1. The Kier molecular flexibility index (Phi) is 6.36. The second-order valence-electron chi connectivity index (χ2n) is 11.7. The molecule has 0 aromatic carbocycles. The third kappa shape index (κ3) is 4.38. The molecule has 4 saturated carbocycles. The molecule has 1 aromatic rings. The zero-order valence-corrected chi connectivity index (χ0v) is 21.5. The number of carbonyl (C=O) groups excluding carboxylic acids is 2. The van der Waals surface area contributed by atoms with E-state index in [0.717, 1.165) is 42.6 Å². The standard InChI is InChI=1S/C27H40N2O3S/c1-5-32-26(31)23-21-7-6-15(2)8-22(21)33-25(23)29-24(30)16(3)28-17(4)27-12-18-9-19(13-27)11-20(10-18)14-27/h15-20,28H,5-14H2,1-4H3,(H,29,30)/t15-,16-,17+,18?,19?,20?,27?/m1/s1. The van der Waals surface area contributed by atoms with Crippen LogP contribution in [0.4, 0.5) is 5.00 Å². The Morgan fingerprint density at radius 2 is 1.76 bits per heavy atom. The molecular formula is C27H40N2O3S. The Balaban J connectivity index is 1.29. The van der Waals surface area contributed by atoms with E-state index in [1.807, 2.05) is 13.8 Å². The van der Waals surface area contributed by atoms with E-state index in [1.165, 1.54) is 43.4 Å². The highest BCUT2D eigenvalue weighted by molar-refractivity contribution is 7.17. The van der Waals surface area contributed by atoms with Gasteiger partial charge in [0.05, 0.1) is 18.2 Å². The zero-order valence-electron chi connectivity index (χ0n) is 20.7.